The van der Waals surface area contributed by atoms with Gasteiger partial charge in [0.25, 0.3) is 0 Å². The Morgan fingerprint density at radius 1 is 1.29 bits per heavy atom. The first kappa shape index (κ1) is 14.9. The highest BCUT2D eigenvalue weighted by molar-refractivity contribution is 5.57. The van der Waals surface area contributed by atoms with E-state index in [1.54, 1.807) is 5.56 Å². The van der Waals surface area contributed by atoms with E-state index in [0.717, 1.165) is 12.5 Å². The zero-order valence-corrected chi connectivity index (χ0v) is 13.7. The lowest BCUT2D eigenvalue weighted by Gasteiger charge is -2.37. The van der Waals surface area contributed by atoms with E-state index in [1.165, 1.54) is 62.9 Å². The van der Waals surface area contributed by atoms with Crippen molar-refractivity contribution in [3.63, 3.8) is 0 Å². The maximum absolute atomic E-state index is 3.60. The van der Waals surface area contributed by atoms with Crippen LogP contribution >= 0.6 is 0 Å². The molecule has 0 aromatic heterocycles. The summed E-state index contributed by atoms with van der Waals surface area (Å²) in [5, 5.41) is 3.60. The normalized spacial score (nSPS) is 20.0. The predicted octanol–water partition coefficient (Wildman–Crippen LogP) is 4.30. The van der Waals surface area contributed by atoms with Crippen LogP contribution in [0.25, 0.3) is 0 Å². The molecule has 1 fully saturated rings. The molecular weight excluding hydrogens is 256 g/mol. The van der Waals surface area contributed by atoms with Gasteiger partial charge in [0.05, 0.1) is 0 Å². The molecule has 0 saturated heterocycles. The van der Waals surface area contributed by atoms with Gasteiger partial charge < -0.3 is 10.2 Å². The number of rotatable bonds is 6. The molecule has 2 nitrogen and oxygen atoms in total. The van der Waals surface area contributed by atoms with Crippen LogP contribution in [0.3, 0.4) is 0 Å². The van der Waals surface area contributed by atoms with E-state index in [4.69, 9.17) is 0 Å². The molecule has 1 aromatic carbocycles. The molecule has 3 rings (SSSR count). The van der Waals surface area contributed by atoms with Crippen LogP contribution in [0.15, 0.2) is 18.2 Å². The molecule has 1 aromatic rings. The predicted molar refractivity (Wildman–Crippen MR) is 91.0 cm³/mol. The lowest BCUT2D eigenvalue weighted by molar-refractivity contribution is 0.316. The Hall–Kier alpha value is -1.02. The van der Waals surface area contributed by atoms with Gasteiger partial charge in [0.1, 0.15) is 0 Å². The highest BCUT2D eigenvalue weighted by Gasteiger charge is 2.24. The first-order valence-corrected chi connectivity index (χ1v) is 8.89. The minimum atomic E-state index is 0.470. The van der Waals surface area contributed by atoms with Crippen molar-refractivity contribution in [3.05, 3.63) is 29.3 Å². The van der Waals surface area contributed by atoms with Crippen molar-refractivity contribution in [3.8, 4) is 0 Å². The third-order valence-corrected chi connectivity index (χ3v) is 5.22. The SMILES string of the molecule is CCCNC(C)c1ccc2c(c1)CCCN2CC1CCC1. The second kappa shape index (κ2) is 6.83. The topological polar surface area (TPSA) is 15.3 Å². The Labute approximate surface area is 129 Å². The second-order valence-electron chi connectivity index (χ2n) is 6.91. The summed E-state index contributed by atoms with van der Waals surface area (Å²) in [6.07, 6.45) is 8.11. The van der Waals surface area contributed by atoms with Gasteiger partial charge in [-0.25, -0.2) is 0 Å². The van der Waals surface area contributed by atoms with Crippen LogP contribution in [0.1, 0.15) is 63.1 Å². The zero-order valence-electron chi connectivity index (χ0n) is 13.7. The number of benzene rings is 1. The fraction of sp³-hybridized carbons (Fsp3) is 0.684. The summed E-state index contributed by atoms with van der Waals surface area (Å²) >= 11 is 0. The first-order valence-electron chi connectivity index (χ1n) is 8.89. The number of aryl methyl sites for hydroxylation is 1. The Morgan fingerprint density at radius 2 is 2.14 bits per heavy atom. The second-order valence-corrected chi connectivity index (χ2v) is 6.91. The van der Waals surface area contributed by atoms with Crippen LogP contribution in [0.2, 0.25) is 0 Å². The molecule has 116 valence electrons. The third-order valence-electron chi connectivity index (χ3n) is 5.22. The van der Waals surface area contributed by atoms with Crippen molar-refractivity contribution in [2.45, 2.75) is 58.4 Å². The average molecular weight is 286 g/mol. The van der Waals surface area contributed by atoms with Crippen LogP contribution in [0.5, 0.6) is 0 Å². The minimum Gasteiger partial charge on any atom is -0.371 e. The molecule has 1 heterocycles. The molecular formula is C19H30N2. The minimum absolute atomic E-state index is 0.470. The maximum Gasteiger partial charge on any atom is 0.0399 e. The van der Waals surface area contributed by atoms with Gasteiger partial charge in [-0.2, -0.15) is 0 Å². The molecule has 1 aliphatic carbocycles. The van der Waals surface area contributed by atoms with E-state index in [1.807, 2.05) is 0 Å². The summed E-state index contributed by atoms with van der Waals surface area (Å²) in [6, 6.07) is 7.64. The number of fused-ring (bicyclic) bond motifs is 1. The quantitative estimate of drug-likeness (QED) is 0.838. The van der Waals surface area contributed by atoms with Gasteiger partial charge in [0.15, 0.2) is 0 Å². The molecule has 0 bridgehead atoms. The van der Waals surface area contributed by atoms with Gasteiger partial charge in [-0.1, -0.05) is 25.5 Å². The molecule has 21 heavy (non-hydrogen) atoms. The molecule has 2 aliphatic rings. The molecule has 2 heteroatoms. The van der Waals surface area contributed by atoms with Gasteiger partial charge in [-0.05, 0) is 68.7 Å². The van der Waals surface area contributed by atoms with Crippen molar-refractivity contribution in [2.75, 3.05) is 24.5 Å². The fourth-order valence-electron chi connectivity index (χ4n) is 3.62. The Morgan fingerprint density at radius 3 is 2.86 bits per heavy atom. The van der Waals surface area contributed by atoms with Crippen LogP contribution in [-0.2, 0) is 6.42 Å². The van der Waals surface area contributed by atoms with Gasteiger partial charge in [0, 0.05) is 24.8 Å². The van der Waals surface area contributed by atoms with Gasteiger partial charge in [-0.3, -0.25) is 0 Å². The highest BCUT2D eigenvalue weighted by atomic mass is 15.1. The van der Waals surface area contributed by atoms with Crippen molar-refractivity contribution >= 4 is 5.69 Å². The molecule has 1 aliphatic heterocycles. The number of anilines is 1. The third kappa shape index (κ3) is 3.42. The first-order chi connectivity index (χ1) is 10.3. The van der Waals surface area contributed by atoms with Crippen molar-refractivity contribution in [2.24, 2.45) is 5.92 Å². The Balaban J connectivity index is 1.71. The summed E-state index contributed by atoms with van der Waals surface area (Å²) in [5.74, 6) is 0.959. The zero-order chi connectivity index (χ0) is 14.7. The van der Waals surface area contributed by atoms with Crippen molar-refractivity contribution < 1.29 is 0 Å². The standard InChI is InChI=1S/C19H30N2/c1-3-11-20-15(2)17-9-10-19-18(13-17)8-5-12-21(19)14-16-6-4-7-16/h9-10,13,15-16,20H,3-8,11-12,14H2,1-2H3. The van der Waals surface area contributed by atoms with E-state index in [0.29, 0.717) is 6.04 Å². The number of nitrogens with one attached hydrogen (secondary N) is 1. The van der Waals surface area contributed by atoms with Crippen LogP contribution in [0, 0.1) is 5.92 Å². The summed E-state index contributed by atoms with van der Waals surface area (Å²) < 4.78 is 0. The lowest BCUT2D eigenvalue weighted by atomic mass is 9.84. The largest absolute Gasteiger partial charge is 0.371 e. The molecule has 1 unspecified atom stereocenters. The van der Waals surface area contributed by atoms with E-state index < -0.39 is 0 Å². The van der Waals surface area contributed by atoms with E-state index in [-0.39, 0.29) is 0 Å². The smallest absolute Gasteiger partial charge is 0.0399 e. The summed E-state index contributed by atoms with van der Waals surface area (Å²) in [6.45, 7) is 8.16. The Bertz CT molecular complexity index is 465. The molecule has 1 saturated carbocycles. The van der Waals surface area contributed by atoms with E-state index >= 15 is 0 Å². The monoisotopic (exact) mass is 286 g/mol. The maximum atomic E-state index is 3.60. The van der Waals surface area contributed by atoms with Crippen LogP contribution < -0.4 is 10.2 Å². The molecule has 0 amide bonds. The number of hydrogen-bond donors (Lipinski definition) is 1. The average Bonchev–Trinajstić information content (AvgIpc) is 2.48. The van der Waals surface area contributed by atoms with E-state index in [2.05, 4.69) is 42.3 Å². The van der Waals surface area contributed by atoms with E-state index in [9.17, 15) is 0 Å². The molecule has 0 spiro atoms. The molecule has 1 N–H and O–H groups in total. The van der Waals surface area contributed by atoms with Crippen LogP contribution in [0.4, 0.5) is 5.69 Å². The highest BCUT2D eigenvalue weighted by Crippen LogP contribution is 2.34. The fourth-order valence-corrected chi connectivity index (χ4v) is 3.62. The van der Waals surface area contributed by atoms with Crippen molar-refractivity contribution in [1.82, 2.24) is 5.32 Å². The summed E-state index contributed by atoms with van der Waals surface area (Å²) in [5.41, 5.74) is 4.54. The molecule has 1 atom stereocenters. The number of nitrogens with zero attached hydrogens (tertiary/aromatic N) is 1. The van der Waals surface area contributed by atoms with Crippen molar-refractivity contribution in [1.29, 1.82) is 0 Å². The number of hydrogen-bond acceptors (Lipinski definition) is 2. The Kier molecular flexibility index (Phi) is 4.84. The lowest BCUT2D eigenvalue weighted by Crippen LogP contribution is -2.36. The van der Waals surface area contributed by atoms with Crippen LogP contribution in [-0.4, -0.2) is 19.6 Å². The molecule has 0 radical (unpaired) electrons. The summed E-state index contributed by atoms with van der Waals surface area (Å²) in [4.78, 5) is 2.65. The summed E-state index contributed by atoms with van der Waals surface area (Å²) in [7, 11) is 0. The van der Waals surface area contributed by atoms with Gasteiger partial charge in [-0.15, -0.1) is 0 Å². The van der Waals surface area contributed by atoms with Gasteiger partial charge >= 0.3 is 0 Å². The van der Waals surface area contributed by atoms with Gasteiger partial charge in [0.2, 0.25) is 0 Å².